The van der Waals surface area contributed by atoms with E-state index in [1.165, 1.54) is 12.1 Å². The van der Waals surface area contributed by atoms with E-state index in [9.17, 15) is 18.0 Å². The number of rotatable bonds is 3. The number of ether oxygens (including phenoxy) is 1. The van der Waals surface area contributed by atoms with E-state index in [1.54, 1.807) is 30.3 Å². The second-order valence-electron chi connectivity index (χ2n) is 4.33. The molecule has 0 aliphatic carbocycles. The van der Waals surface area contributed by atoms with Gasteiger partial charge in [0.1, 0.15) is 11.8 Å². The van der Waals surface area contributed by atoms with Gasteiger partial charge in [-0.3, -0.25) is 0 Å². The molecule has 0 aliphatic rings. The molecule has 3 nitrogen and oxygen atoms in total. The van der Waals surface area contributed by atoms with Crippen molar-refractivity contribution >= 4 is 5.97 Å². The van der Waals surface area contributed by atoms with Crippen molar-refractivity contribution in [2.45, 2.75) is 12.2 Å². The van der Waals surface area contributed by atoms with Crippen molar-refractivity contribution in [1.29, 1.82) is 0 Å². The number of alkyl halides is 3. The number of hydrogen-bond acceptors (Lipinski definition) is 3. The van der Waals surface area contributed by atoms with Crippen molar-refractivity contribution in [3.63, 3.8) is 0 Å². The van der Waals surface area contributed by atoms with Gasteiger partial charge in [0.2, 0.25) is 0 Å². The van der Waals surface area contributed by atoms with Gasteiger partial charge in [-0.1, -0.05) is 30.3 Å². The first-order valence-electron chi connectivity index (χ1n) is 6.07. The number of nitrogens with two attached hydrogens (primary N) is 1. The zero-order chi connectivity index (χ0) is 15.5. The summed E-state index contributed by atoms with van der Waals surface area (Å²) in [6, 6.07) is 11.2. The van der Waals surface area contributed by atoms with Crippen molar-refractivity contribution in [3.8, 4) is 5.75 Å². The number of halogens is 3. The van der Waals surface area contributed by atoms with Gasteiger partial charge in [0.25, 0.3) is 0 Å². The van der Waals surface area contributed by atoms with Gasteiger partial charge in [0.05, 0.1) is 5.56 Å². The third-order valence-corrected chi connectivity index (χ3v) is 2.81. The van der Waals surface area contributed by atoms with Gasteiger partial charge in [-0.05, 0) is 29.8 Å². The molecule has 0 radical (unpaired) electrons. The summed E-state index contributed by atoms with van der Waals surface area (Å²) in [5.41, 5.74) is 5.15. The summed E-state index contributed by atoms with van der Waals surface area (Å²) in [5.74, 6) is -0.411. The molecule has 2 aromatic rings. The summed E-state index contributed by atoms with van der Waals surface area (Å²) in [7, 11) is 0. The van der Waals surface area contributed by atoms with Gasteiger partial charge in [-0.2, -0.15) is 13.2 Å². The molecule has 0 aromatic heterocycles. The van der Waals surface area contributed by atoms with Crippen molar-refractivity contribution in [2.24, 2.45) is 5.73 Å². The highest BCUT2D eigenvalue weighted by molar-refractivity contribution is 5.79. The van der Waals surface area contributed by atoms with E-state index in [0.717, 1.165) is 12.1 Å². The van der Waals surface area contributed by atoms with Crippen LogP contribution < -0.4 is 10.5 Å². The smallest absolute Gasteiger partial charge is 0.416 e. The van der Waals surface area contributed by atoms with Crippen LogP contribution in [0.1, 0.15) is 17.2 Å². The molecule has 0 aliphatic heterocycles. The third-order valence-electron chi connectivity index (χ3n) is 2.81. The lowest BCUT2D eigenvalue weighted by Crippen LogP contribution is -2.26. The van der Waals surface area contributed by atoms with E-state index < -0.39 is 23.8 Å². The van der Waals surface area contributed by atoms with Crippen molar-refractivity contribution < 1.29 is 22.7 Å². The van der Waals surface area contributed by atoms with Crippen molar-refractivity contribution in [3.05, 3.63) is 65.7 Å². The third kappa shape index (κ3) is 3.82. The molecule has 2 aromatic carbocycles. The molecule has 0 amide bonds. The van der Waals surface area contributed by atoms with Crippen LogP contribution in [-0.4, -0.2) is 5.97 Å². The lowest BCUT2D eigenvalue weighted by molar-refractivity contribution is -0.137. The quantitative estimate of drug-likeness (QED) is 0.698. The molecule has 2 rings (SSSR count). The number of benzene rings is 2. The van der Waals surface area contributed by atoms with E-state index >= 15 is 0 Å². The minimum atomic E-state index is -4.42. The molecule has 0 fully saturated rings. The van der Waals surface area contributed by atoms with Gasteiger partial charge in [0, 0.05) is 0 Å². The summed E-state index contributed by atoms with van der Waals surface area (Å²) >= 11 is 0. The Balaban J connectivity index is 2.09. The number of hydrogen-bond donors (Lipinski definition) is 1. The van der Waals surface area contributed by atoms with Gasteiger partial charge in [0.15, 0.2) is 0 Å². The van der Waals surface area contributed by atoms with Crippen molar-refractivity contribution in [1.82, 2.24) is 0 Å². The molecule has 0 bridgehead atoms. The number of carbonyl (C=O) groups excluding carboxylic acids is 1. The average molecular weight is 295 g/mol. The summed E-state index contributed by atoms with van der Waals surface area (Å²) in [6.45, 7) is 0. The number of para-hydroxylation sites is 1. The van der Waals surface area contributed by atoms with E-state index in [2.05, 4.69) is 0 Å². The van der Waals surface area contributed by atoms with Gasteiger partial charge >= 0.3 is 12.1 Å². The maximum Gasteiger partial charge on any atom is 0.416 e. The summed E-state index contributed by atoms with van der Waals surface area (Å²) in [6.07, 6.45) is -4.42. The van der Waals surface area contributed by atoms with Crippen LogP contribution >= 0.6 is 0 Å². The molecule has 110 valence electrons. The van der Waals surface area contributed by atoms with Gasteiger partial charge < -0.3 is 10.5 Å². The second kappa shape index (κ2) is 5.97. The first-order chi connectivity index (χ1) is 9.88. The molecule has 0 heterocycles. The van der Waals surface area contributed by atoms with Crippen LogP contribution in [0.3, 0.4) is 0 Å². The maximum absolute atomic E-state index is 12.4. The number of esters is 1. The van der Waals surface area contributed by atoms with Crippen LogP contribution in [0.25, 0.3) is 0 Å². The normalized spacial score (nSPS) is 12.8. The van der Waals surface area contributed by atoms with Crippen LogP contribution in [0.4, 0.5) is 13.2 Å². The molecule has 1 unspecified atom stereocenters. The Hall–Kier alpha value is -2.34. The molecule has 0 spiro atoms. The highest BCUT2D eigenvalue weighted by Crippen LogP contribution is 2.29. The van der Waals surface area contributed by atoms with Crippen LogP contribution in [0.15, 0.2) is 54.6 Å². The fourth-order valence-electron chi connectivity index (χ4n) is 1.68. The van der Waals surface area contributed by atoms with E-state index in [4.69, 9.17) is 10.5 Å². The maximum atomic E-state index is 12.4. The average Bonchev–Trinajstić information content (AvgIpc) is 2.46. The highest BCUT2D eigenvalue weighted by Gasteiger charge is 2.30. The minimum absolute atomic E-state index is 0.254. The zero-order valence-corrected chi connectivity index (χ0v) is 10.8. The molecule has 6 heteroatoms. The fraction of sp³-hybridized carbons (Fsp3) is 0.133. The Bertz CT molecular complexity index is 609. The molecular formula is C15H12F3NO2. The first-order valence-corrected chi connectivity index (χ1v) is 6.07. The lowest BCUT2D eigenvalue weighted by Gasteiger charge is -2.13. The molecule has 0 saturated carbocycles. The Kier molecular flexibility index (Phi) is 4.28. The van der Waals surface area contributed by atoms with Crippen LogP contribution in [0, 0.1) is 0 Å². The van der Waals surface area contributed by atoms with Crippen LogP contribution in [0.2, 0.25) is 0 Å². The van der Waals surface area contributed by atoms with E-state index in [0.29, 0.717) is 5.75 Å². The second-order valence-corrected chi connectivity index (χ2v) is 4.33. The molecular weight excluding hydrogens is 283 g/mol. The molecule has 21 heavy (non-hydrogen) atoms. The summed E-state index contributed by atoms with van der Waals surface area (Å²) in [5, 5.41) is 0. The lowest BCUT2D eigenvalue weighted by atomic mass is 10.1. The largest absolute Gasteiger partial charge is 0.425 e. The van der Waals surface area contributed by atoms with E-state index in [-0.39, 0.29) is 5.56 Å². The molecule has 2 N–H and O–H groups in total. The molecule has 0 saturated heterocycles. The predicted molar refractivity (Wildman–Crippen MR) is 70.4 cm³/mol. The minimum Gasteiger partial charge on any atom is -0.425 e. The van der Waals surface area contributed by atoms with Gasteiger partial charge in [-0.25, -0.2) is 4.79 Å². The summed E-state index contributed by atoms with van der Waals surface area (Å²) < 4.78 is 42.4. The Morgan fingerprint density at radius 1 is 1.00 bits per heavy atom. The van der Waals surface area contributed by atoms with Crippen molar-refractivity contribution in [2.75, 3.05) is 0 Å². The van der Waals surface area contributed by atoms with E-state index in [1.807, 2.05) is 0 Å². The monoisotopic (exact) mass is 295 g/mol. The fourth-order valence-corrected chi connectivity index (χ4v) is 1.68. The standard InChI is InChI=1S/C15H12F3NO2/c16-15(17,18)11-8-6-10(7-9-11)13(19)14(20)21-12-4-2-1-3-5-12/h1-9,13H,19H2. The van der Waals surface area contributed by atoms with Crippen LogP contribution in [-0.2, 0) is 11.0 Å². The first kappa shape index (κ1) is 15.1. The topological polar surface area (TPSA) is 52.3 Å². The Morgan fingerprint density at radius 3 is 2.10 bits per heavy atom. The Labute approximate surface area is 119 Å². The highest BCUT2D eigenvalue weighted by atomic mass is 19.4. The summed E-state index contributed by atoms with van der Waals surface area (Å²) in [4.78, 5) is 11.8. The predicted octanol–water partition coefficient (Wildman–Crippen LogP) is 3.31. The van der Waals surface area contributed by atoms with Gasteiger partial charge in [-0.15, -0.1) is 0 Å². The Morgan fingerprint density at radius 2 is 1.57 bits per heavy atom. The SMILES string of the molecule is NC(C(=O)Oc1ccccc1)c1ccc(C(F)(F)F)cc1. The van der Waals surface area contributed by atoms with Crippen LogP contribution in [0.5, 0.6) is 5.75 Å². The zero-order valence-electron chi connectivity index (χ0n) is 10.8. The number of carbonyl (C=O) groups is 1. The molecule has 1 atom stereocenters.